The number of carbonyl (C=O) groups is 2. The minimum atomic E-state index is -1.57. The van der Waals surface area contributed by atoms with Crippen LogP contribution in [0.15, 0.2) is 24.3 Å². The fourth-order valence-corrected chi connectivity index (χ4v) is 13.2. The Balaban J connectivity index is 1.85. The Labute approximate surface area is 569 Å². The van der Waals surface area contributed by atoms with Crippen LogP contribution in [-0.4, -0.2) is 100 Å². The highest BCUT2D eigenvalue weighted by atomic mass is 16.7. The SMILES string of the molecule is CCCCCCCCCC/C=C/C(O)C(COC1OC(CO)C(O)C(O)C1O)NC(=O)CCCCCCCCCCCCCCCCCCC/C=C\CCCCCCCCCCCCCCCCOC(=O)CCCCCCCCCCCCCCCCCCCCC. The lowest BCUT2D eigenvalue weighted by molar-refractivity contribution is -0.302. The van der Waals surface area contributed by atoms with Crippen molar-refractivity contribution in [2.45, 2.75) is 461 Å². The molecule has 1 heterocycles. The smallest absolute Gasteiger partial charge is 0.305 e. The normalized spacial score (nSPS) is 17.6. The van der Waals surface area contributed by atoms with Gasteiger partial charge < -0.3 is 45.1 Å². The Morgan fingerprint density at radius 3 is 1.04 bits per heavy atom. The molecule has 1 amide bonds. The van der Waals surface area contributed by atoms with Gasteiger partial charge in [-0.25, -0.2) is 0 Å². The number of rotatable bonds is 73. The Morgan fingerprint density at radius 2 is 0.696 bits per heavy atom. The summed E-state index contributed by atoms with van der Waals surface area (Å²) in [6, 6.07) is -0.806. The quantitative estimate of drug-likeness (QED) is 0.0195. The van der Waals surface area contributed by atoms with E-state index >= 15 is 0 Å². The van der Waals surface area contributed by atoms with Crippen molar-refractivity contribution in [3.05, 3.63) is 24.3 Å². The van der Waals surface area contributed by atoms with Crippen LogP contribution < -0.4 is 5.32 Å². The van der Waals surface area contributed by atoms with E-state index in [1.807, 2.05) is 6.08 Å². The van der Waals surface area contributed by atoms with Gasteiger partial charge in [-0.3, -0.25) is 9.59 Å². The summed E-state index contributed by atoms with van der Waals surface area (Å²) in [7, 11) is 0. The van der Waals surface area contributed by atoms with Gasteiger partial charge >= 0.3 is 5.97 Å². The summed E-state index contributed by atoms with van der Waals surface area (Å²) in [5, 5.41) is 54.4. The molecule has 1 saturated heterocycles. The van der Waals surface area contributed by atoms with Crippen LogP contribution in [0.5, 0.6) is 0 Å². The number of allylic oxidation sites excluding steroid dienone is 3. The first-order valence-electron chi connectivity index (χ1n) is 40.6. The molecule has 1 aliphatic heterocycles. The Hall–Kier alpha value is -1.86. The predicted molar refractivity (Wildman–Crippen MR) is 389 cm³/mol. The number of amides is 1. The number of aliphatic hydroxyl groups excluding tert-OH is 5. The van der Waals surface area contributed by atoms with Gasteiger partial charge in [-0.1, -0.05) is 372 Å². The molecule has 0 spiro atoms. The van der Waals surface area contributed by atoms with Crippen LogP contribution in [0.3, 0.4) is 0 Å². The van der Waals surface area contributed by atoms with Gasteiger partial charge in [0, 0.05) is 12.8 Å². The summed E-state index contributed by atoms with van der Waals surface area (Å²) < 4.78 is 16.8. The summed E-state index contributed by atoms with van der Waals surface area (Å²) in [5.74, 6) is -0.158. The van der Waals surface area contributed by atoms with Crippen LogP contribution >= 0.6 is 0 Å². The first kappa shape index (κ1) is 88.2. The Kier molecular flexibility index (Phi) is 67.5. The number of nitrogens with one attached hydrogen (secondary N) is 1. The van der Waals surface area contributed by atoms with Crippen molar-refractivity contribution in [2.75, 3.05) is 19.8 Å². The minimum Gasteiger partial charge on any atom is -0.466 e. The molecular weight excluding hydrogens is 1150 g/mol. The third kappa shape index (κ3) is 58.3. The van der Waals surface area contributed by atoms with Gasteiger partial charge in [0.2, 0.25) is 5.91 Å². The van der Waals surface area contributed by atoms with E-state index in [2.05, 4.69) is 31.3 Å². The van der Waals surface area contributed by atoms with Crippen LogP contribution in [0.2, 0.25) is 0 Å². The van der Waals surface area contributed by atoms with Gasteiger partial charge in [0.15, 0.2) is 6.29 Å². The molecule has 7 unspecified atom stereocenters. The first-order valence-corrected chi connectivity index (χ1v) is 40.6. The standard InChI is InChI=1S/C81H155NO10/c1-3-5-7-9-11-13-15-16-17-18-36-40-43-46-49-53-57-61-65-69-77(86)90-70-66-62-58-54-50-47-44-41-38-35-33-31-29-27-25-23-21-19-20-22-24-26-28-30-32-34-37-39-42-45-48-52-56-60-64-68-76(85)82-73(72-91-81-80(89)79(88)78(87)75(71-83)92-81)74(84)67-63-59-55-51-14-12-10-8-6-4-2/h21,23,63,67,73-75,78-81,83-84,87-89H,3-20,22,24-62,64-66,68-72H2,1-2H3,(H,82,85)/b23-21-,67-63+. The molecule has 7 atom stereocenters. The third-order valence-electron chi connectivity index (χ3n) is 19.6. The highest BCUT2D eigenvalue weighted by molar-refractivity contribution is 5.76. The molecule has 0 aliphatic carbocycles. The average Bonchev–Trinajstić information content (AvgIpc) is 0.979. The monoisotopic (exact) mass is 1300 g/mol. The fourth-order valence-electron chi connectivity index (χ4n) is 13.2. The molecule has 11 heteroatoms. The number of aliphatic hydroxyl groups is 5. The van der Waals surface area contributed by atoms with E-state index in [-0.39, 0.29) is 18.5 Å². The second-order valence-electron chi connectivity index (χ2n) is 28.5. The molecule has 6 N–H and O–H groups in total. The van der Waals surface area contributed by atoms with Crippen molar-refractivity contribution < 1.29 is 49.3 Å². The number of unbranched alkanes of at least 4 members (excludes halogenated alkanes) is 57. The van der Waals surface area contributed by atoms with E-state index < -0.39 is 49.5 Å². The zero-order valence-electron chi connectivity index (χ0n) is 60.8. The lowest BCUT2D eigenvalue weighted by atomic mass is 9.99. The summed E-state index contributed by atoms with van der Waals surface area (Å²) in [6.45, 7) is 4.39. The van der Waals surface area contributed by atoms with Crippen molar-refractivity contribution in [3.8, 4) is 0 Å². The summed E-state index contributed by atoms with van der Waals surface area (Å²) in [5.41, 5.74) is 0. The number of carbonyl (C=O) groups excluding carboxylic acids is 2. The second-order valence-corrected chi connectivity index (χ2v) is 28.5. The lowest BCUT2D eigenvalue weighted by Crippen LogP contribution is -2.60. The maximum Gasteiger partial charge on any atom is 0.305 e. The van der Waals surface area contributed by atoms with E-state index in [0.717, 1.165) is 51.4 Å². The minimum absolute atomic E-state index is 0.0193. The van der Waals surface area contributed by atoms with Crippen LogP contribution in [0.25, 0.3) is 0 Å². The molecule has 0 aromatic heterocycles. The van der Waals surface area contributed by atoms with E-state index in [1.54, 1.807) is 6.08 Å². The summed E-state index contributed by atoms with van der Waals surface area (Å²) in [6.07, 6.45) is 80.9. The van der Waals surface area contributed by atoms with Crippen LogP contribution in [0.1, 0.15) is 418 Å². The van der Waals surface area contributed by atoms with Gasteiger partial charge in [0.25, 0.3) is 0 Å². The number of hydrogen-bond donors (Lipinski definition) is 6. The van der Waals surface area contributed by atoms with Gasteiger partial charge in [-0.2, -0.15) is 0 Å². The van der Waals surface area contributed by atoms with E-state index in [1.165, 1.54) is 340 Å². The number of ether oxygens (including phenoxy) is 3. The third-order valence-corrected chi connectivity index (χ3v) is 19.6. The molecule has 11 nitrogen and oxygen atoms in total. The molecule has 0 bridgehead atoms. The Morgan fingerprint density at radius 1 is 0.391 bits per heavy atom. The van der Waals surface area contributed by atoms with Gasteiger partial charge in [-0.05, 0) is 57.8 Å². The van der Waals surface area contributed by atoms with Crippen LogP contribution in [0.4, 0.5) is 0 Å². The van der Waals surface area contributed by atoms with E-state index in [9.17, 15) is 35.1 Å². The highest BCUT2D eigenvalue weighted by Gasteiger charge is 2.44. The van der Waals surface area contributed by atoms with Gasteiger partial charge in [-0.15, -0.1) is 0 Å². The molecule has 92 heavy (non-hydrogen) atoms. The van der Waals surface area contributed by atoms with Crippen molar-refractivity contribution >= 4 is 11.9 Å². The Bertz CT molecular complexity index is 1580. The van der Waals surface area contributed by atoms with E-state index in [4.69, 9.17) is 14.2 Å². The summed E-state index contributed by atoms with van der Waals surface area (Å²) in [4.78, 5) is 25.2. The maximum atomic E-state index is 13.0. The molecule has 544 valence electrons. The molecule has 0 aromatic carbocycles. The van der Waals surface area contributed by atoms with Crippen molar-refractivity contribution in [3.63, 3.8) is 0 Å². The van der Waals surface area contributed by atoms with Crippen molar-refractivity contribution in [1.29, 1.82) is 0 Å². The van der Waals surface area contributed by atoms with Gasteiger partial charge in [0.1, 0.15) is 24.4 Å². The molecule has 0 aromatic rings. The molecule has 0 radical (unpaired) electrons. The second kappa shape index (κ2) is 70.5. The molecule has 1 fully saturated rings. The first-order chi connectivity index (χ1) is 45.2. The number of esters is 1. The predicted octanol–water partition coefficient (Wildman–Crippen LogP) is 21.9. The van der Waals surface area contributed by atoms with Crippen molar-refractivity contribution in [2.24, 2.45) is 0 Å². The van der Waals surface area contributed by atoms with Crippen LogP contribution in [-0.2, 0) is 23.8 Å². The topological polar surface area (TPSA) is 175 Å². The molecule has 1 rings (SSSR count). The van der Waals surface area contributed by atoms with Crippen LogP contribution in [0, 0.1) is 0 Å². The highest BCUT2D eigenvalue weighted by Crippen LogP contribution is 2.24. The molecule has 1 aliphatic rings. The fraction of sp³-hybridized carbons (Fsp3) is 0.926. The maximum absolute atomic E-state index is 13.0. The largest absolute Gasteiger partial charge is 0.466 e. The zero-order chi connectivity index (χ0) is 66.5. The molecular formula is C81H155NO10. The zero-order valence-corrected chi connectivity index (χ0v) is 60.8. The van der Waals surface area contributed by atoms with Gasteiger partial charge in [0.05, 0.1) is 32.0 Å². The lowest BCUT2D eigenvalue weighted by Gasteiger charge is -2.40. The summed E-state index contributed by atoms with van der Waals surface area (Å²) >= 11 is 0. The number of hydrogen-bond acceptors (Lipinski definition) is 10. The molecule has 0 saturated carbocycles. The van der Waals surface area contributed by atoms with Crippen molar-refractivity contribution in [1.82, 2.24) is 5.32 Å². The average molecular weight is 1300 g/mol. The van der Waals surface area contributed by atoms with E-state index in [0.29, 0.717) is 19.4 Å².